The first-order valence-corrected chi connectivity index (χ1v) is 5.81. The Morgan fingerprint density at radius 2 is 1.95 bits per heavy atom. The van der Waals surface area contributed by atoms with Gasteiger partial charge in [-0.15, -0.1) is 0 Å². The zero-order valence-corrected chi connectivity index (χ0v) is 10.2. The molecule has 0 atom stereocenters. The summed E-state index contributed by atoms with van der Waals surface area (Å²) in [4.78, 5) is 22.5. The maximum atomic E-state index is 11.8. The third-order valence-corrected chi connectivity index (χ3v) is 2.65. The fourth-order valence-corrected chi connectivity index (χ4v) is 1.73. The Kier molecular flexibility index (Phi) is 3.93. The van der Waals surface area contributed by atoms with Crippen molar-refractivity contribution in [3.63, 3.8) is 0 Å². The van der Waals surface area contributed by atoms with E-state index in [1.165, 1.54) is 6.07 Å². The molecule has 19 heavy (non-hydrogen) atoms. The van der Waals surface area contributed by atoms with Crippen LogP contribution in [0.4, 0.5) is 5.69 Å². The van der Waals surface area contributed by atoms with E-state index in [9.17, 15) is 14.7 Å². The van der Waals surface area contributed by atoms with Crippen LogP contribution in [-0.2, 0) is 11.2 Å². The Labute approximate surface area is 110 Å². The summed E-state index contributed by atoms with van der Waals surface area (Å²) >= 11 is 0. The number of phenols is 1. The third-order valence-electron chi connectivity index (χ3n) is 2.65. The summed E-state index contributed by atoms with van der Waals surface area (Å²) in [6.45, 7) is 0. The molecule has 0 spiro atoms. The Balaban J connectivity index is 2.05. The average molecular weight is 255 g/mol. The van der Waals surface area contributed by atoms with Crippen molar-refractivity contribution in [1.82, 2.24) is 0 Å². The predicted octanol–water partition coefficient (Wildman–Crippen LogP) is 2.39. The number of amides is 1. The summed E-state index contributed by atoms with van der Waals surface area (Å²) in [5.74, 6) is -0.149. The molecule has 0 radical (unpaired) electrons. The first kappa shape index (κ1) is 12.8. The van der Waals surface area contributed by atoms with Crippen LogP contribution in [0, 0.1) is 0 Å². The van der Waals surface area contributed by atoms with Crippen LogP contribution in [0.25, 0.3) is 0 Å². The van der Waals surface area contributed by atoms with Crippen LogP contribution >= 0.6 is 0 Å². The Morgan fingerprint density at radius 1 is 1.16 bits per heavy atom. The predicted molar refractivity (Wildman–Crippen MR) is 72.3 cm³/mol. The van der Waals surface area contributed by atoms with Crippen molar-refractivity contribution >= 4 is 17.9 Å². The normalized spacial score (nSPS) is 9.89. The molecular weight excluding hydrogens is 242 g/mol. The molecule has 0 saturated carbocycles. The highest BCUT2D eigenvalue weighted by Crippen LogP contribution is 2.17. The van der Waals surface area contributed by atoms with Gasteiger partial charge in [-0.2, -0.15) is 0 Å². The van der Waals surface area contributed by atoms with Gasteiger partial charge in [-0.1, -0.05) is 30.3 Å². The Bertz CT molecular complexity index is 608. The number of aldehydes is 1. The second kappa shape index (κ2) is 5.82. The summed E-state index contributed by atoms with van der Waals surface area (Å²) in [6.07, 6.45) is 0.802. The molecule has 0 heterocycles. The third kappa shape index (κ3) is 3.42. The van der Waals surface area contributed by atoms with Crippen LogP contribution in [0.3, 0.4) is 0 Å². The number of aromatic hydroxyl groups is 1. The van der Waals surface area contributed by atoms with E-state index in [-0.39, 0.29) is 18.1 Å². The van der Waals surface area contributed by atoms with Gasteiger partial charge in [0.05, 0.1) is 6.42 Å². The van der Waals surface area contributed by atoms with E-state index < -0.39 is 0 Å². The highest BCUT2D eigenvalue weighted by atomic mass is 16.3. The van der Waals surface area contributed by atoms with Gasteiger partial charge in [0.1, 0.15) is 12.0 Å². The molecule has 2 N–H and O–H groups in total. The summed E-state index contributed by atoms with van der Waals surface area (Å²) in [5.41, 5.74) is 1.62. The fourth-order valence-electron chi connectivity index (χ4n) is 1.73. The van der Waals surface area contributed by atoms with Crippen LogP contribution in [-0.4, -0.2) is 17.3 Å². The maximum Gasteiger partial charge on any atom is 0.228 e. The molecule has 96 valence electrons. The summed E-state index contributed by atoms with van der Waals surface area (Å²) in [5, 5.41) is 12.3. The Morgan fingerprint density at radius 3 is 2.68 bits per heavy atom. The number of carbonyl (C=O) groups is 2. The lowest BCUT2D eigenvalue weighted by molar-refractivity contribution is -0.115. The summed E-state index contributed by atoms with van der Waals surface area (Å²) in [7, 11) is 0. The van der Waals surface area contributed by atoms with Gasteiger partial charge in [0, 0.05) is 16.8 Å². The van der Waals surface area contributed by atoms with E-state index in [0.29, 0.717) is 16.8 Å². The number of rotatable bonds is 4. The molecular formula is C15H13NO3. The van der Waals surface area contributed by atoms with Crippen LogP contribution in [0.15, 0.2) is 48.5 Å². The molecule has 0 aliphatic heterocycles. The van der Waals surface area contributed by atoms with E-state index >= 15 is 0 Å². The quantitative estimate of drug-likeness (QED) is 0.824. The molecule has 4 nitrogen and oxygen atoms in total. The van der Waals surface area contributed by atoms with Crippen molar-refractivity contribution in [3.05, 3.63) is 59.7 Å². The minimum Gasteiger partial charge on any atom is -0.508 e. The first-order chi connectivity index (χ1) is 9.19. The molecule has 2 aromatic rings. The second-order valence-electron chi connectivity index (χ2n) is 4.10. The van der Waals surface area contributed by atoms with E-state index in [1.54, 1.807) is 42.5 Å². The molecule has 2 aromatic carbocycles. The summed E-state index contributed by atoms with van der Waals surface area (Å²) < 4.78 is 0. The van der Waals surface area contributed by atoms with Gasteiger partial charge in [0.25, 0.3) is 0 Å². The van der Waals surface area contributed by atoms with E-state index in [1.807, 2.05) is 0 Å². The number of carbonyl (C=O) groups excluding carboxylic acids is 2. The molecule has 0 aromatic heterocycles. The molecule has 0 bridgehead atoms. The minimum atomic E-state index is -0.246. The Hall–Kier alpha value is -2.62. The van der Waals surface area contributed by atoms with E-state index in [0.717, 1.165) is 6.29 Å². The maximum absolute atomic E-state index is 11.8. The van der Waals surface area contributed by atoms with Gasteiger partial charge < -0.3 is 10.4 Å². The van der Waals surface area contributed by atoms with Gasteiger partial charge in [-0.25, -0.2) is 0 Å². The van der Waals surface area contributed by atoms with Crippen LogP contribution in [0.2, 0.25) is 0 Å². The molecule has 0 aliphatic rings. The number of benzene rings is 2. The SMILES string of the molecule is O=Cc1cccc(NC(=O)Cc2ccccc2O)c1. The molecule has 2 rings (SSSR count). The van der Waals surface area contributed by atoms with Crippen molar-refractivity contribution in [2.24, 2.45) is 0 Å². The van der Waals surface area contributed by atoms with Crippen molar-refractivity contribution < 1.29 is 14.7 Å². The minimum absolute atomic E-state index is 0.0813. The highest BCUT2D eigenvalue weighted by Gasteiger charge is 2.07. The average Bonchev–Trinajstić information content (AvgIpc) is 2.41. The number of phenolic OH excluding ortho intramolecular Hbond substituents is 1. The van der Waals surface area contributed by atoms with Gasteiger partial charge in [0.2, 0.25) is 5.91 Å². The smallest absolute Gasteiger partial charge is 0.228 e. The molecule has 4 heteroatoms. The fraction of sp³-hybridized carbons (Fsp3) is 0.0667. The zero-order valence-electron chi connectivity index (χ0n) is 10.2. The van der Waals surface area contributed by atoms with E-state index in [4.69, 9.17) is 0 Å². The highest BCUT2D eigenvalue weighted by molar-refractivity contribution is 5.93. The van der Waals surface area contributed by atoms with Crippen molar-refractivity contribution in [2.45, 2.75) is 6.42 Å². The van der Waals surface area contributed by atoms with Gasteiger partial charge in [-0.05, 0) is 18.2 Å². The molecule has 0 saturated heterocycles. The standard InChI is InChI=1S/C15H13NO3/c17-10-11-4-3-6-13(8-11)16-15(19)9-12-5-1-2-7-14(12)18/h1-8,10,18H,9H2,(H,16,19). The number of anilines is 1. The van der Waals surface area contributed by atoms with Crippen LogP contribution < -0.4 is 5.32 Å². The lowest BCUT2D eigenvalue weighted by atomic mass is 10.1. The second-order valence-corrected chi connectivity index (χ2v) is 4.10. The van der Waals surface area contributed by atoms with Gasteiger partial charge in [-0.3, -0.25) is 9.59 Å². The zero-order chi connectivity index (χ0) is 13.7. The van der Waals surface area contributed by atoms with Crippen molar-refractivity contribution in [1.29, 1.82) is 0 Å². The first-order valence-electron chi connectivity index (χ1n) is 5.81. The molecule has 0 aliphatic carbocycles. The topological polar surface area (TPSA) is 66.4 Å². The van der Waals surface area contributed by atoms with E-state index in [2.05, 4.69) is 5.32 Å². The lowest BCUT2D eigenvalue weighted by Crippen LogP contribution is -2.14. The molecule has 0 fully saturated rings. The monoisotopic (exact) mass is 255 g/mol. The summed E-state index contributed by atoms with van der Waals surface area (Å²) in [6, 6.07) is 13.3. The number of hydrogen-bond donors (Lipinski definition) is 2. The number of nitrogens with one attached hydrogen (secondary N) is 1. The van der Waals surface area contributed by atoms with Crippen LogP contribution in [0.1, 0.15) is 15.9 Å². The van der Waals surface area contributed by atoms with Gasteiger partial charge in [0.15, 0.2) is 0 Å². The lowest BCUT2D eigenvalue weighted by Gasteiger charge is -2.07. The molecule has 0 unspecified atom stereocenters. The molecule has 1 amide bonds. The number of para-hydroxylation sites is 1. The van der Waals surface area contributed by atoms with Crippen LogP contribution in [0.5, 0.6) is 5.75 Å². The van der Waals surface area contributed by atoms with Crippen molar-refractivity contribution in [2.75, 3.05) is 5.32 Å². The largest absolute Gasteiger partial charge is 0.508 e. The van der Waals surface area contributed by atoms with Gasteiger partial charge >= 0.3 is 0 Å². The number of hydrogen-bond acceptors (Lipinski definition) is 3. The van der Waals surface area contributed by atoms with Crippen molar-refractivity contribution in [3.8, 4) is 5.75 Å².